The van der Waals surface area contributed by atoms with Gasteiger partial charge in [0.1, 0.15) is 0 Å². The summed E-state index contributed by atoms with van der Waals surface area (Å²) in [5, 5.41) is 2.78. The number of amides is 1. The number of benzene rings is 2. The summed E-state index contributed by atoms with van der Waals surface area (Å²) >= 11 is 3.35. The summed E-state index contributed by atoms with van der Waals surface area (Å²) in [6, 6.07) is 13.9. The Morgan fingerprint density at radius 2 is 1.87 bits per heavy atom. The minimum Gasteiger partial charge on any atom is -0.462 e. The molecule has 120 valence electrons. The van der Waals surface area contributed by atoms with E-state index in [1.54, 1.807) is 42.5 Å². The number of carbonyl (C=O) groups excluding carboxylic acids is 2. The maximum Gasteiger partial charge on any atom is 0.338 e. The summed E-state index contributed by atoms with van der Waals surface area (Å²) < 4.78 is 5.91. The zero-order valence-corrected chi connectivity index (χ0v) is 14.6. The van der Waals surface area contributed by atoms with Gasteiger partial charge in [-0.1, -0.05) is 32.0 Å². The van der Waals surface area contributed by atoms with Crippen molar-refractivity contribution >= 4 is 33.5 Å². The summed E-state index contributed by atoms with van der Waals surface area (Å²) in [4.78, 5) is 24.2. The fraction of sp³-hybridized carbons (Fsp3) is 0.222. The van der Waals surface area contributed by atoms with Crippen LogP contribution in [0.2, 0.25) is 0 Å². The van der Waals surface area contributed by atoms with Crippen molar-refractivity contribution in [2.45, 2.75) is 13.8 Å². The zero-order valence-electron chi connectivity index (χ0n) is 13.0. The van der Waals surface area contributed by atoms with Gasteiger partial charge in [0, 0.05) is 10.2 Å². The summed E-state index contributed by atoms with van der Waals surface area (Å²) in [5.41, 5.74) is 1.49. The van der Waals surface area contributed by atoms with Gasteiger partial charge in [-0.05, 0) is 52.2 Å². The normalized spacial score (nSPS) is 10.4. The smallest absolute Gasteiger partial charge is 0.338 e. The molecule has 2 aromatic carbocycles. The lowest BCUT2D eigenvalue weighted by atomic mass is 10.1. The lowest BCUT2D eigenvalue weighted by Crippen LogP contribution is -2.14. The SMILES string of the molecule is CC(C)COC(=O)c1cccc(NC(=O)c2ccccc2Br)c1. The van der Waals surface area contributed by atoms with Gasteiger partial charge in [0.05, 0.1) is 17.7 Å². The van der Waals surface area contributed by atoms with Crippen molar-refractivity contribution in [3.05, 3.63) is 64.1 Å². The highest BCUT2D eigenvalue weighted by molar-refractivity contribution is 9.10. The zero-order chi connectivity index (χ0) is 16.8. The number of hydrogen-bond acceptors (Lipinski definition) is 3. The van der Waals surface area contributed by atoms with E-state index in [1.807, 2.05) is 19.9 Å². The lowest BCUT2D eigenvalue weighted by Gasteiger charge is -2.10. The van der Waals surface area contributed by atoms with Crippen LogP contribution in [0, 0.1) is 5.92 Å². The van der Waals surface area contributed by atoms with Crippen LogP contribution in [-0.4, -0.2) is 18.5 Å². The molecule has 23 heavy (non-hydrogen) atoms. The number of rotatable bonds is 5. The Hall–Kier alpha value is -2.14. The monoisotopic (exact) mass is 375 g/mol. The van der Waals surface area contributed by atoms with Crippen LogP contribution >= 0.6 is 15.9 Å². The van der Waals surface area contributed by atoms with Crippen molar-refractivity contribution in [2.75, 3.05) is 11.9 Å². The Kier molecular flexibility index (Phi) is 5.93. The largest absolute Gasteiger partial charge is 0.462 e. The summed E-state index contributed by atoms with van der Waals surface area (Å²) in [5.74, 6) is -0.363. The molecule has 0 fully saturated rings. The average molecular weight is 376 g/mol. The topological polar surface area (TPSA) is 55.4 Å². The molecule has 0 heterocycles. The minimum absolute atomic E-state index is 0.245. The third-order valence-corrected chi connectivity index (χ3v) is 3.71. The molecule has 0 spiro atoms. The van der Waals surface area contributed by atoms with Gasteiger partial charge in [0.2, 0.25) is 0 Å². The second kappa shape index (κ2) is 7.92. The Morgan fingerprint density at radius 3 is 2.57 bits per heavy atom. The maximum absolute atomic E-state index is 12.3. The first-order valence-corrected chi connectivity index (χ1v) is 8.09. The highest BCUT2D eigenvalue weighted by Gasteiger charge is 2.12. The molecule has 1 amide bonds. The van der Waals surface area contributed by atoms with Crippen molar-refractivity contribution in [1.29, 1.82) is 0 Å². The Labute approximate surface area is 144 Å². The van der Waals surface area contributed by atoms with Crippen LogP contribution in [0.3, 0.4) is 0 Å². The second-order valence-corrected chi connectivity index (χ2v) is 6.36. The van der Waals surface area contributed by atoms with E-state index < -0.39 is 5.97 Å². The molecule has 5 heteroatoms. The molecule has 1 N–H and O–H groups in total. The van der Waals surface area contributed by atoms with Gasteiger partial charge in [0.25, 0.3) is 5.91 Å². The van der Waals surface area contributed by atoms with Gasteiger partial charge in [-0.25, -0.2) is 4.79 Å². The molecule has 2 rings (SSSR count). The molecule has 0 saturated heterocycles. The first kappa shape index (κ1) is 17.2. The summed E-state index contributed by atoms with van der Waals surface area (Å²) in [6.07, 6.45) is 0. The molecular formula is C18H18BrNO3. The highest BCUT2D eigenvalue weighted by Crippen LogP contribution is 2.18. The van der Waals surface area contributed by atoms with E-state index in [2.05, 4.69) is 21.2 Å². The van der Waals surface area contributed by atoms with Gasteiger partial charge < -0.3 is 10.1 Å². The fourth-order valence-electron chi connectivity index (χ4n) is 1.89. The standard InChI is InChI=1S/C18H18BrNO3/c1-12(2)11-23-18(22)13-6-5-7-14(10-13)20-17(21)15-8-3-4-9-16(15)19/h3-10,12H,11H2,1-2H3,(H,20,21). The van der Waals surface area contributed by atoms with E-state index in [-0.39, 0.29) is 11.8 Å². The van der Waals surface area contributed by atoms with Crippen LogP contribution in [0.1, 0.15) is 34.6 Å². The van der Waals surface area contributed by atoms with Gasteiger partial charge in [-0.3, -0.25) is 4.79 Å². The van der Waals surface area contributed by atoms with Crippen molar-refractivity contribution in [2.24, 2.45) is 5.92 Å². The van der Waals surface area contributed by atoms with Gasteiger partial charge >= 0.3 is 5.97 Å². The van der Waals surface area contributed by atoms with Gasteiger partial charge in [-0.15, -0.1) is 0 Å². The van der Waals surface area contributed by atoms with E-state index in [1.165, 1.54) is 0 Å². The Bertz CT molecular complexity index is 713. The molecule has 0 unspecified atom stereocenters. The Balaban J connectivity index is 2.09. The van der Waals surface area contributed by atoms with Crippen LogP contribution in [0.25, 0.3) is 0 Å². The number of anilines is 1. The van der Waals surface area contributed by atoms with Crippen molar-refractivity contribution in [3.8, 4) is 0 Å². The predicted octanol–water partition coefficient (Wildman–Crippen LogP) is 4.51. The number of ether oxygens (including phenoxy) is 1. The van der Waals surface area contributed by atoms with Crippen LogP contribution in [0.4, 0.5) is 5.69 Å². The summed E-state index contributed by atoms with van der Waals surface area (Å²) in [6.45, 7) is 4.32. The predicted molar refractivity (Wildman–Crippen MR) is 93.7 cm³/mol. The molecular weight excluding hydrogens is 358 g/mol. The van der Waals surface area contributed by atoms with E-state index >= 15 is 0 Å². The number of carbonyl (C=O) groups is 2. The van der Waals surface area contributed by atoms with E-state index in [9.17, 15) is 9.59 Å². The molecule has 4 nitrogen and oxygen atoms in total. The molecule has 0 radical (unpaired) electrons. The average Bonchev–Trinajstić information content (AvgIpc) is 2.53. The maximum atomic E-state index is 12.3. The van der Waals surface area contributed by atoms with Crippen LogP contribution in [0.15, 0.2) is 53.0 Å². The lowest BCUT2D eigenvalue weighted by molar-refractivity contribution is 0.0459. The van der Waals surface area contributed by atoms with E-state index in [4.69, 9.17) is 4.74 Å². The quantitative estimate of drug-likeness (QED) is 0.781. The molecule has 0 atom stereocenters. The highest BCUT2D eigenvalue weighted by atomic mass is 79.9. The van der Waals surface area contributed by atoms with Crippen LogP contribution < -0.4 is 5.32 Å². The molecule has 0 bridgehead atoms. The van der Waals surface area contributed by atoms with Gasteiger partial charge in [0.15, 0.2) is 0 Å². The summed E-state index contributed by atoms with van der Waals surface area (Å²) in [7, 11) is 0. The molecule has 0 aliphatic rings. The van der Waals surface area contributed by atoms with Crippen molar-refractivity contribution in [1.82, 2.24) is 0 Å². The third-order valence-electron chi connectivity index (χ3n) is 3.02. The second-order valence-electron chi connectivity index (χ2n) is 5.51. The number of esters is 1. The van der Waals surface area contributed by atoms with E-state index in [0.29, 0.717) is 27.9 Å². The molecule has 0 aliphatic heterocycles. The van der Waals surface area contributed by atoms with Crippen molar-refractivity contribution < 1.29 is 14.3 Å². The molecule has 2 aromatic rings. The molecule has 0 aromatic heterocycles. The van der Waals surface area contributed by atoms with Crippen LogP contribution in [0.5, 0.6) is 0 Å². The first-order valence-electron chi connectivity index (χ1n) is 7.30. The first-order chi connectivity index (χ1) is 11.0. The van der Waals surface area contributed by atoms with Crippen molar-refractivity contribution in [3.63, 3.8) is 0 Å². The third kappa shape index (κ3) is 4.93. The van der Waals surface area contributed by atoms with Gasteiger partial charge in [-0.2, -0.15) is 0 Å². The van der Waals surface area contributed by atoms with Crippen LogP contribution in [-0.2, 0) is 4.74 Å². The number of nitrogens with one attached hydrogen (secondary N) is 1. The molecule has 0 saturated carbocycles. The fourth-order valence-corrected chi connectivity index (χ4v) is 2.36. The van der Waals surface area contributed by atoms with E-state index in [0.717, 1.165) is 0 Å². The Morgan fingerprint density at radius 1 is 1.13 bits per heavy atom. The number of halogens is 1. The number of hydrogen-bond donors (Lipinski definition) is 1. The minimum atomic E-state index is -0.393. The molecule has 0 aliphatic carbocycles.